The number of hydrogen-bond donors (Lipinski definition) is 1. The van der Waals surface area contributed by atoms with Gasteiger partial charge < -0.3 is 5.32 Å². The Morgan fingerprint density at radius 2 is 1.89 bits per heavy atom. The topological polar surface area (TPSA) is 12.0 Å². The van der Waals surface area contributed by atoms with Crippen LogP contribution in [0.4, 0.5) is 0 Å². The number of aryl methyl sites for hydroxylation is 2. The van der Waals surface area contributed by atoms with Gasteiger partial charge in [-0.3, -0.25) is 0 Å². The van der Waals surface area contributed by atoms with Gasteiger partial charge in [0.05, 0.1) is 0 Å². The van der Waals surface area contributed by atoms with Crippen LogP contribution in [0.5, 0.6) is 0 Å². The molecule has 1 unspecified atom stereocenters. The first-order valence-corrected chi connectivity index (χ1v) is 7.81. The van der Waals surface area contributed by atoms with Gasteiger partial charge in [0.15, 0.2) is 0 Å². The summed E-state index contributed by atoms with van der Waals surface area (Å²) in [4.78, 5) is 1.42. The molecule has 2 heteroatoms. The van der Waals surface area contributed by atoms with E-state index in [0.717, 1.165) is 19.0 Å². The van der Waals surface area contributed by atoms with Crippen LogP contribution >= 0.6 is 11.8 Å². The molecule has 0 amide bonds. The van der Waals surface area contributed by atoms with Crippen molar-refractivity contribution in [1.82, 2.24) is 5.32 Å². The highest BCUT2D eigenvalue weighted by atomic mass is 32.2. The largest absolute Gasteiger partial charge is 0.316 e. The second-order valence-corrected chi connectivity index (χ2v) is 7.06. The van der Waals surface area contributed by atoms with Gasteiger partial charge in [-0.1, -0.05) is 38.5 Å². The summed E-state index contributed by atoms with van der Waals surface area (Å²) >= 11 is 1.98. The van der Waals surface area contributed by atoms with Gasteiger partial charge in [-0.2, -0.15) is 0 Å². The van der Waals surface area contributed by atoms with Gasteiger partial charge in [-0.25, -0.2) is 0 Å². The summed E-state index contributed by atoms with van der Waals surface area (Å²) in [7, 11) is 0. The third-order valence-electron chi connectivity index (χ3n) is 2.99. The fourth-order valence-electron chi connectivity index (χ4n) is 1.89. The molecule has 0 heterocycles. The average Bonchev–Trinajstić information content (AvgIpc) is 2.28. The van der Waals surface area contributed by atoms with Crippen LogP contribution in [0.25, 0.3) is 0 Å². The minimum absolute atomic E-state index is 0.624. The lowest BCUT2D eigenvalue weighted by molar-refractivity contribution is 0.539. The Morgan fingerprint density at radius 1 is 1.17 bits per heavy atom. The first kappa shape index (κ1) is 15.6. The normalized spacial score (nSPS) is 13.0. The van der Waals surface area contributed by atoms with Gasteiger partial charge in [0.2, 0.25) is 0 Å². The zero-order valence-corrected chi connectivity index (χ0v) is 13.2. The standard InChI is InChI=1S/C16H27NS/c1-12(2)8-9-17-11-15(5)18-16-7-6-13(3)10-14(16)4/h6-7,10,12,15,17H,8-9,11H2,1-5H3. The summed E-state index contributed by atoms with van der Waals surface area (Å²) in [5.41, 5.74) is 2.74. The molecule has 1 N–H and O–H groups in total. The van der Waals surface area contributed by atoms with Crippen molar-refractivity contribution in [3.8, 4) is 0 Å². The number of thioether (sulfide) groups is 1. The molecule has 0 bridgehead atoms. The molecule has 1 rings (SSSR count). The van der Waals surface area contributed by atoms with E-state index in [1.54, 1.807) is 0 Å². The molecule has 1 aromatic carbocycles. The molecule has 0 radical (unpaired) electrons. The third kappa shape index (κ3) is 5.92. The molecule has 1 nitrogen and oxygen atoms in total. The summed E-state index contributed by atoms with van der Waals surface area (Å²) in [6.07, 6.45) is 1.26. The van der Waals surface area contributed by atoms with Crippen molar-refractivity contribution < 1.29 is 0 Å². The summed E-state index contributed by atoms with van der Waals surface area (Å²) < 4.78 is 0. The zero-order valence-electron chi connectivity index (χ0n) is 12.4. The van der Waals surface area contributed by atoms with Crippen LogP contribution in [0.1, 0.15) is 38.3 Å². The Balaban J connectivity index is 2.33. The number of nitrogens with one attached hydrogen (secondary N) is 1. The first-order valence-electron chi connectivity index (χ1n) is 6.93. The summed E-state index contributed by atoms with van der Waals surface area (Å²) in [6.45, 7) is 13.4. The van der Waals surface area contributed by atoms with Crippen molar-refractivity contribution in [3.63, 3.8) is 0 Å². The second-order valence-electron chi connectivity index (χ2n) is 5.58. The fourth-order valence-corrected chi connectivity index (χ4v) is 2.91. The minimum Gasteiger partial charge on any atom is -0.316 e. The van der Waals surface area contributed by atoms with Crippen molar-refractivity contribution >= 4 is 11.8 Å². The Morgan fingerprint density at radius 3 is 2.50 bits per heavy atom. The lowest BCUT2D eigenvalue weighted by Crippen LogP contribution is -2.24. The molecule has 0 aromatic heterocycles. The van der Waals surface area contributed by atoms with Crippen LogP contribution in [0.2, 0.25) is 0 Å². The van der Waals surface area contributed by atoms with Gasteiger partial charge >= 0.3 is 0 Å². The van der Waals surface area contributed by atoms with E-state index in [9.17, 15) is 0 Å². The van der Waals surface area contributed by atoms with E-state index in [4.69, 9.17) is 0 Å². The zero-order chi connectivity index (χ0) is 13.5. The maximum Gasteiger partial charge on any atom is 0.0191 e. The van der Waals surface area contributed by atoms with Crippen molar-refractivity contribution in [1.29, 1.82) is 0 Å². The van der Waals surface area contributed by atoms with Crippen LogP contribution in [-0.4, -0.2) is 18.3 Å². The van der Waals surface area contributed by atoms with Crippen LogP contribution in [0, 0.1) is 19.8 Å². The smallest absolute Gasteiger partial charge is 0.0191 e. The highest BCUT2D eigenvalue weighted by Crippen LogP contribution is 2.26. The monoisotopic (exact) mass is 265 g/mol. The van der Waals surface area contributed by atoms with Crippen molar-refractivity contribution in [2.24, 2.45) is 5.92 Å². The minimum atomic E-state index is 0.624. The first-order chi connectivity index (χ1) is 8.49. The van der Waals surface area contributed by atoms with Crippen LogP contribution in [-0.2, 0) is 0 Å². The molecule has 0 aliphatic heterocycles. The molecular weight excluding hydrogens is 238 g/mol. The van der Waals surface area contributed by atoms with Gasteiger partial charge in [-0.05, 0) is 44.4 Å². The Bertz CT molecular complexity index is 360. The van der Waals surface area contributed by atoms with Crippen molar-refractivity contribution in [2.45, 2.75) is 51.2 Å². The summed E-state index contributed by atoms with van der Waals surface area (Å²) in [5.74, 6) is 0.791. The second kappa shape index (κ2) is 7.85. The third-order valence-corrected chi connectivity index (χ3v) is 4.27. The van der Waals surface area contributed by atoms with E-state index in [0.29, 0.717) is 5.25 Å². The highest BCUT2D eigenvalue weighted by molar-refractivity contribution is 8.00. The van der Waals surface area contributed by atoms with E-state index in [1.165, 1.54) is 22.4 Å². The van der Waals surface area contributed by atoms with E-state index in [-0.39, 0.29) is 0 Å². The summed E-state index contributed by atoms with van der Waals surface area (Å²) in [5, 5.41) is 4.17. The molecule has 0 fully saturated rings. The number of hydrogen-bond acceptors (Lipinski definition) is 2. The molecule has 0 saturated carbocycles. The quantitative estimate of drug-likeness (QED) is 0.578. The molecule has 0 aliphatic rings. The SMILES string of the molecule is Cc1ccc(SC(C)CNCCC(C)C)c(C)c1. The summed E-state index contributed by atoms with van der Waals surface area (Å²) in [6, 6.07) is 6.72. The molecule has 1 atom stereocenters. The van der Waals surface area contributed by atoms with Crippen LogP contribution in [0.15, 0.2) is 23.1 Å². The lowest BCUT2D eigenvalue weighted by Gasteiger charge is -2.15. The Kier molecular flexibility index (Phi) is 6.80. The van der Waals surface area contributed by atoms with Crippen molar-refractivity contribution in [3.05, 3.63) is 29.3 Å². The lowest BCUT2D eigenvalue weighted by atomic mass is 10.1. The maximum absolute atomic E-state index is 3.55. The van der Waals surface area contributed by atoms with E-state index in [1.807, 2.05) is 11.8 Å². The highest BCUT2D eigenvalue weighted by Gasteiger charge is 2.06. The molecular formula is C16H27NS. The van der Waals surface area contributed by atoms with Gasteiger partial charge in [0.1, 0.15) is 0 Å². The Hall–Kier alpha value is -0.470. The van der Waals surface area contributed by atoms with Crippen LogP contribution < -0.4 is 5.32 Å². The van der Waals surface area contributed by atoms with E-state index in [2.05, 4.69) is 58.1 Å². The molecule has 0 spiro atoms. The Labute approximate surface area is 117 Å². The molecule has 0 aliphatic carbocycles. The molecule has 18 heavy (non-hydrogen) atoms. The molecule has 0 saturated heterocycles. The van der Waals surface area contributed by atoms with Crippen molar-refractivity contribution in [2.75, 3.05) is 13.1 Å². The average molecular weight is 265 g/mol. The van der Waals surface area contributed by atoms with Gasteiger partial charge in [0.25, 0.3) is 0 Å². The van der Waals surface area contributed by atoms with Gasteiger partial charge in [-0.15, -0.1) is 11.8 Å². The molecule has 1 aromatic rings. The number of rotatable bonds is 7. The fraction of sp³-hybridized carbons (Fsp3) is 0.625. The predicted octanol–water partition coefficient (Wildman–Crippen LogP) is 4.42. The van der Waals surface area contributed by atoms with E-state index < -0.39 is 0 Å². The molecule has 102 valence electrons. The predicted molar refractivity (Wildman–Crippen MR) is 83.6 cm³/mol. The maximum atomic E-state index is 3.55. The van der Waals surface area contributed by atoms with E-state index >= 15 is 0 Å². The number of benzene rings is 1. The van der Waals surface area contributed by atoms with Gasteiger partial charge in [0, 0.05) is 16.7 Å². The van der Waals surface area contributed by atoms with Crippen LogP contribution in [0.3, 0.4) is 0 Å².